The average Bonchev–Trinajstić information content (AvgIpc) is 2.51. The molecule has 3 nitrogen and oxygen atoms in total. The second kappa shape index (κ2) is 9.51. The molecule has 0 atom stereocenters. The second-order valence-corrected chi connectivity index (χ2v) is 14.5. The Morgan fingerprint density at radius 1 is 1.28 bits per heavy atom. The number of rotatable bonds is 8. The Morgan fingerprint density at radius 2 is 1.88 bits per heavy atom. The van der Waals surface area contributed by atoms with Gasteiger partial charge in [0.15, 0.2) is 8.32 Å². The minimum Gasteiger partial charge on any atom is -0.461 e. The molecule has 0 aromatic carbocycles. The summed E-state index contributed by atoms with van der Waals surface area (Å²) in [5.74, 6) is -0.236. The molecule has 0 aliphatic heterocycles. The third kappa shape index (κ3) is 7.79. The van der Waals surface area contributed by atoms with Crippen molar-refractivity contribution < 1.29 is 14.0 Å². The Morgan fingerprint density at radius 3 is 2.40 bits per heavy atom. The SMILES string of the molecule is CC(=O)OC/C(I)=C/CCC1(CO[Si](C)(C)C(C)(C)C)C=CCC=C1. The van der Waals surface area contributed by atoms with E-state index in [2.05, 4.69) is 86.8 Å². The number of esters is 1. The zero-order valence-corrected chi connectivity index (χ0v) is 19.7. The van der Waals surface area contributed by atoms with Crippen LogP contribution in [-0.2, 0) is 14.0 Å². The van der Waals surface area contributed by atoms with Gasteiger partial charge in [-0.1, -0.05) is 51.2 Å². The van der Waals surface area contributed by atoms with Crippen LogP contribution in [0.25, 0.3) is 0 Å². The second-order valence-electron chi connectivity index (χ2n) is 8.29. The number of hydrogen-bond acceptors (Lipinski definition) is 3. The third-order valence-corrected chi connectivity index (χ3v) is 10.3. The predicted octanol–water partition coefficient (Wildman–Crippen LogP) is 6.17. The molecule has 0 N–H and O–H groups in total. The van der Waals surface area contributed by atoms with Gasteiger partial charge in [-0.15, -0.1) is 0 Å². The largest absolute Gasteiger partial charge is 0.461 e. The molecule has 142 valence electrons. The van der Waals surface area contributed by atoms with Gasteiger partial charge in [-0.05, 0) is 60.0 Å². The highest BCUT2D eigenvalue weighted by Crippen LogP contribution is 2.39. The van der Waals surface area contributed by atoms with Gasteiger partial charge in [-0.25, -0.2) is 0 Å². The van der Waals surface area contributed by atoms with E-state index in [0.717, 1.165) is 29.4 Å². The topological polar surface area (TPSA) is 35.5 Å². The van der Waals surface area contributed by atoms with Gasteiger partial charge in [-0.3, -0.25) is 4.79 Å². The summed E-state index contributed by atoms with van der Waals surface area (Å²) in [4.78, 5) is 10.9. The summed E-state index contributed by atoms with van der Waals surface area (Å²) >= 11 is 2.24. The van der Waals surface area contributed by atoms with Crippen LogP contribution in [0, 0.1) is 5.41 Å². The van der Waals surface area contributed by atoms with Gasteiger partial charge in [0.25, 0.3) is 0 Å². The van der Waals surface area contributed by atoms with Gasteiger partial charge in [-0.2, -0.15) is 0 Å². The molecule has 0 aromatic heterocycles. The first-order chi connectivity index (χ1) is 11.5. The highest BCUT2D eigenvalue weighted by Gasteiger charge is 2.39. The molecular formula is C20H33IO3Si. The number of carbonyl (C=O) groups is 1. The molecule has 0 spiro atoms. The van der Waals surface area contributed by atoms with Crippen LogP contribution in [0.15, 0.2) is 34.0 Å². The fourth-order valence-corrected chi connectivity index (χ4v) is 3.86. The molecule has 5 heteroatoms. The van der Waals surface area contributed by atoms with Crippen LogP contribution in [0.5, 0.6) is 0 Å². The van der Waals surface area contributed by atoms with Crippen molar-refractivity contribution in [1.29, 1.82) is 0 Å². The van der Waals surface area contributed by atoms with Crippen molar-refractivity contribution in [3.63, 3.8) is 0 Å². The van der Waals surface area contributed by atoms with Gasteiger partial charge in [0, 0.05) is 22.5 Å². The monoisotopic (exact) mass is 476 g/mol. The van der Waals surface area contributed by atoms with E-state index < -0.39 is 8.32 Å². The number of allylic oxidation sites excluding steroid dienone is 3. The van der Waals surface area contributed by atoms with Crippen molar-refractivity contribution in [3.05, 3.63) is 34.0 Å². The fourth-order valence-electron chi connectivity index (χ4n) is 2.33. The Kier molecular flexibility index (Phi) is 8.61. The van der Waals surface area contributed by atoms with Crippen molar-refractivity contribution in [2.45, 2.75) is 65.1 Å². The van der Waals surface area contributed by atoms with Gasteiger partial charge in [0.05, 0.1) is 0 Å². The first-order valence-electron chi connectivity index (χ1n) is 8.95. The maximum absolute atomic E-state index is 10.9. The molecule has 0 bridgehead atoms. The van der Waals surface area contributed by atoms with Gasteiger partial charge in [0.1, 0.15) is 6.61 Å². The molecular weight excluding hydrogens is 443 g/mol. The van der Waals surface area contributed by atoms with Crippen LogP contribution in [0.4, 0.5) is 0 Å². The molecule has 0 saturated carbocycles. The van der Waals surface area contributed by atoms with Crippen LogP contribution in [-0.4, -0.2) is 27.5 Å². The zero-order valence-electron chi connectivity index (χ0n) is 16.5. The van der Waals surface area contributed by atoms with Gasteiger partial charge < -0.3 is 9.16 Å². The third-order valence-electron chi connectivity index (χ3n) is 5.07. The summed E-state index contributed by atoms with van der Waals surface area (Å²) in [5, 5.41) is 0.218. The number of hydrogen-bond donors (Lipinski definition) is 0. The van der Waals surface area contributed by atoms with E-state index in [0.29, 0.717) is 6.61 Å². The predicted molar refractivity (Wildman–Crippen MR) is 116 cm³/mol. The molecule has 0 aromatic rings. The Hall–Kier alpha value is -0.403. The summed E-state index contributed by atoms with van der Waals surface area (Å²) in [5.41, 5.74) is -0.0252. The van der Waals surface area contributed by atoms with Crippen molar-refractivity contribution >= 4 is 36.9 Å². The van der Waals surface area contributed by atoms with E-state index in [1.165, 1.54) is 6.92 Å². The zero-order chi connectivity index (χ0) is 19.1. The summed E-state index contributed by atoms with van der Waals surface area (Å²) < 4.78 is 12.6. The first-order valence-corrected chi connectivity index (χ1v) is 12.9. The molecule has 0 heterocycles. The maximum atomic E-state index is 10.9. The van der Waals surface area contributed by atoms with Crippen molar-refractivity contribution in [2.24, 2.45) is 5.41 Å². The fraction of sp³-hybridized carbons (Fsp3) is 0.650. The lowest BCUT2D eigenvalue weighted by atomic mass is 9.81. The molecule has 1 aliphatic carbocycles. The highest BCUT2D eigenvalue weighted by molar-refractivity contribution is 14.1. The minimum absolute atomic E-state index is 0.0252. The molecule has 1 aliphatic rings. The number of carbonyl (C=O) groups excluding carboxylic acids is 1. The van der Waals surface area contributed by atoms with E-state index in [-0.39, 0.29) is 16.4 Å². The van der Waals surface area contributed by atoms with E-state index in [9.17, 15) is 4.79 Å². The minimum atomic E-state index is -1.76. The summed E-state index contributed by atoms with van der Waals surface area (Å²) in [6.45, 7) is 14.0. The van der Waals surface area contributed by atoms with Gasteiger partial charge in [0.2, 0.25) is 0 Å². The molecule has 1 rings (SSSR count). The van der Waals surface area contributed by atoms with Crippen LogP contribution in [0.2, 0.25) is 18.1 Å². The average molecular weight is 476 g/mol. The standard InChI is InChI=1S/C20H33IO3Si/c1-17(22)23-15-18(21)11-10-14-20(12-8-7-9-13-20)16-24-25(5,6)19(2,3)4/h8-9,11-13H,7,10,14-16H2,1-6H3/b18-11-. The normalized spacial score (nSPS) is 17.6. The van der Waals surface area contributed by atoms with Crippen LogP contribution < -0.4 is 0 Å². The smallest absolute Gasteiger partial charge is 0.302 e. The molecule has 0 fully saturated rings. The molecule has 0 saturated heterocycles. The van der Waals surface area contributed by atoms with Crippen molar-refractivity contribution in [1.82, 2.24) is 0 Å². The van der Waals surface area contributed by atoms with Crippen molar-refractivity contribution in [3.8, 4) is 0 Å². The first kappa shape index (κ1) is 22.6. The van der Waals surface area contributed by atoms with Crippen LogP contribution >= 0.6 is 22.6 Å². The maximum Gasteiger partial charge on any atom is 0.302 e. The molecule has 0 amide bonds. The summed E-state index contributed by atoms with van der Waals surface area (Å²) in [6.07, 6.45) is 14.2. The highest BCUT2D eigenvalue weighted by atomic mass is 127. The van der Waals surface area contributed by atoms with Crippen LogP contribution in [0.1, 0.15) is 47.0 Å². The van der Waals surface area contributed by atoms with Crippen LogP contribution in [0.3, 0.4) is 0 Å². The number of ether oxygens (including phenoxy) is 1. The Labute approximate surface area is 168 Å². The lowest BCUT2D eigenvalue weighted by Gasteiger charge is -2.40. The molecule has 25 heavy (non-hydrogen) atoms. The Balaban J connectivity index is 2.69. The summed E-state index contributed by atoms with van der Waals surface area (Å²) in [6, 6.07) is 0. The van der Waals surface area contributed by atoms with E-state index in [1.54, 1.807) is 0 Å². The van der Waals surface area contributed by atoms with E-state index in [1.807, 2.05) is 0 Å². The van der Waals surface area contributed by atoms with E-state index >= 15 is 0 Å². The van der Waals surface area contributed by atoms with Gasteiger partial charge >= 0.3 is 5.97 Å². The molecule has 0 radical (unpaired) electrons. The lowest BCUT2D eigenvalue weighted by Crippen LogP contribution is -2.43. The molecule has 0 unspecified atom stereocenters. The van der Waals surface area contributed by atoms with Crippen molar-refractivity contribution in [2.75, 3.05) is 13.2 Å². The number of halogens is 1. The lowest BCUT2D eigenvalue weighted by molar-refractivity contribution is -0.139. The quantitative estimate of drug-likeness (QED) is 0.182. The Bertz CT molecular complexity index is 530. The summed E-state index contributed by atoms with van der Waals surface area (Å²) in [7, 11) is -1.76. The van der Waals surface area contributed by atoms with E-state index in [4.69, 9.17) is 9.16 Å².